The minimum atomic E-state index is -0.125. The van der Waals surface area contributed by atoms with Crippen LogP contribution >= 0.6 is 35.3 Å². The number of benzene rings is 1. The Bertz CT molecular complexity index is 1180. The Morgan fingerprint density at radius 1 is 1.13 bits per heavy atom. The van der Waals surface area contributed by atoms with Gasteiger partial charge >= 0.3 is 0 Å². The number of anilines is 1. The van der Waals surface area contributed by atoms with E-state index in [0.717, 1.165) is 58.9 Å². The maximum atomic E-state index is 11.9. The second-order valence-corrected chi connectivity index (χ2v) is 9.97. The van der Waals surface area contributed by atoms with E-state index in [1.54, 1.807) is 17.7 Å². The van der Waals surface area contributed by atoms with E-state index >= 15 is 0 Å². The zero-order valence-electron chi connectivity index (χ0n) is 16.3. The zero-order valence-corrected chi connectivity index (χ0v) is 18.7. The molecular weight excluding hydrogens is 434 g/mol. The minimum absolute atomic E-state index is 0.125. The molecule has 0 saturated carbocycles. The van der Waals surface area contributed by atoms with E-state index in [1.165, 1.54) is 11.8 Å². The normalized spacial score (nSPS) is 19.1. The average molecular weight is 454 g/mol. The van der Waals surface area contributed by atoms with Crippen LogP contribution in [0.3, 0.4) is 0 Å². The molecule has 1 aromatic carbocycles. The summed E-state index contributed by atoms with van der Waals surface area (Å²) in [5.41, 5.74) is 3.19. The lowest BCUT2D eigenvalue weighted by molar-refractivity contribution is -0.115. The number of thioether (sulfide) groups is 1. The summed E-state index contributed by atoms with van der Waals surface area (Å²) < 4.78 is 0.508. The van der Waals surface area contributed by atoms with Crippen molar-refractivity contribution in [2.45, 2.75) is 0 Å². The molecule has 152 valence electrons. The molecule has 6 nitrogen and oxygen atoms in total. The second-order valence-electron chi connectivity index (χ2n) is 7.31. The predicted molar refractivity (Wildman–Crippen MR) is 129 cm³/mol. The van der Waals surface area contributed by atoms with Crippen molar-refractivity contribution in [2.75, 3.05) is 38.1 Å². The van der Waals surface area contributed by atoms with Crippen molar-refractivity contribution in [1.29, 1.82) is 0 Å². The van der Waals surface area contributed by atoms with Crippen molar-refractivity contribution < 1.29 is 4.79 Å². The highest BCUT2D eigenvalue weighted by Gasteiger charge is 2.22. The number of thiophene rings is 1. The lowest BCUT2D eigenvalue weighted by atomic mass is 10.1. The molecule has 2 saturated heterocycles. The molecule has 0 spiro atoms. The highest BCUT2D eigenvalue weighted by Crippen LogP contribution is 2.33. The molecule has 2 fully saturated rings. The lowest BCUT2D eigenvalue weighted by Gasteiger charge is -2.33. The number of carbonyl (C=O) groups is 1. The summed E-state index contributed by atoms with van der Waals surface area (Å²) in [6.45, 7) is 3.99. The number of likely N-dealkylation sites (N-methyl/N-ethyl adjacent to an activating group) is 1. The van der Waals surface area contributed by atoms with Gasteiger partial charge in [-0.25, -0.2) is 9.97 Å². The van der Waals surface area contributed by atoms with E-state index < -0.39 is 0 Å². The molecule has 1 N–H and O–H groups in total. The number of carbonyl (C=O) groups excluding carboxylic acids is 1. The van der Waals surface area contributed by atoms with Gasteiger partial charge in [0, 0.05) is 36.4 Å². The lowest BCUT2D eigenvalue weighted by Crippen LogP contribution is -2.44. The fraction of sp³-hybridized carbons (Fsp3) is 0.238. The fourth-order valence-corrected chi connectivity index (χ4v) is 5.58. The van der Waals surface area contributed by atoms with Gasteiger partial charge in [-0.05, 0) is 47.8 Å². The van der Waals surface area contributed by atoms with E-state index in [0.29, 0.717) is 9.23 Å². The summed E-state index contributed by atoms with van der Waals surface area (Å²) in [6, 6.07) is 8.43. The highest BCUT2D eigenvalue weighted by atomic mass is 32.2. The Labute approximate surface area is 188 Å². The van der Waals surface area contributed by atoms with Crippen LogP contribution in [0.5, 0.6) is 0 Å². The summed E-state index contributed by atoms with van der Waals surface area (Å²) in [4.78, 5) is 27.3. The van der Waals surface area contributed by atoms with Crippen molar-refractivity contribution in [3.8, 4) is 11.1 Å². The van der Waals surface area contributed by atoms with Crippen LogP contribution in [0.4, 0.5) is 5.82 Å². The Morgan fingerprint density at radius 2 is 1.97 bits per heavy atom. The number of amides is 1. The quantitative estimate of drug-likeness (QED) is 0.480. The second kappa shape index (κ2) is 8.07. The van der Waals surface area contributed by atoms with Crippen molar-refractivity contribution in [2.24, 2.45) is 0 Å². The van der Waals surface area contributed by atoms with Crippen LogP contribution in [0.1, 0.15) is 4.88 Å². The highest BCUT2D eigenvalue weighted by molar-refractivity contribution is 8.26. The van der Waals surface area contributed by atoms with Gasteiger partial charge in [0.2, 0.25) is 0 Å². The van der Waals surface area contributed by atoms with E-state index in [4.69, 9.17) is 12.2 Å². The summed E-state index contributed by atoms with van der Waals surface area (Å²) in [6.07, 6.45) is 3.55. The zero-order chi connectivity index (χ0) is 20.7. The van der Waals surface area contributed by atoms with Gasteiger partial charge in [0.15, 0.2) is 0 Å². The van der Waals surface area contributed by atoms with Gasteiger partial charge in [0.05, 0.1) is 10.4 Å². The molecule has 0 radical (unpaired) electrons. The van der Waals surface area contributed by atoms with Gasteiger partial charge in [-0.2, -0.15) is 0 Å². The molecule has 0 bridgehead atoms. The molecule has 3 aromatic rings. The first-order chi connectivity index (χ1) is 14.6. The number of rotatable bonds is 3. The summed E-state index contributed by atoms with van der Waals surface area (Å²) in [7, 11) is 2.15. The van der Waals surface area contributed by atoms with Crippen molar-refractivity contribution in [3.05, 3.63) is 45.8 Å². The maximum Gasteiger partial charge on any atom is 0.263 e. The number of hydrogen-bond acceptors (Lipinski definition) is 8. The molecule has 4 heterocycles. The van der Waals surface area contributed by atoms with Crippen LogP contribution in [0.25, 0.3) is 28.1 Å². The van der Waals surface area contributed by atoms with Gasteiger partial charge in [0.1, 0.15) is 16.5 Å². The van der Waals surface area contributed by atoms with Gasteiger partial charge in [0.25, 0.3) is 5.91 Å². The summed E-state index contributed by atoms with van der Waals surface area (Å²) in [5.74, 6) is 0.875. The van der Waals surface area contributed by atoms with Crippen molar-refractivity contribution in [1.82, 2.24) is 20.2 Å². The molecule has 2 aliphatic rings. The number of nitrogens with one attached hydrogen (secondary N) is 1. The van der Waals surface area contributed by atoms with E-state index in [2.05, 4.69) is 61.8 Å². The van der Waals surface area contributed by atoms with E-state index in [-0.39, 0.29) is 5.91 Å². The first kappa shape index (κ1) is 19.6. The van der Waals surface area contributed by atoms with Gasteiger partial charge in [-0.15, -0.1) is 11.3 Å². The molecule has 2 aromatic heterocycles. The van der Waals surface area contributed by atoms with Gasteiger partial charge < -0.3 is 15.1 Å². The van der Waals surface area contributed by atoms with Crippen LogP contribution in [0.15, 0.2) is 40.9 Å². The van der Waals surface area contributed by atoms with E-state index in [9.17, 15) is 4.79 Å². The number of nitrogens with zero attached hydrogens (tertiary/aromatic N) is 4. The smallest absolute Gasteiger partial charge is 0.263 e. The molecular formula is C21H19N5OS3. The first-order valence-corrected chi connectivity index (χ1v) is 11.7. The number of fused-ring (bicyclic) bond motifs is 1. The number of piperazine rings is 1. The maximum absolute atomic E-state index is 11.9. The van der Waals surface area contributed by atoms with Crippen LogP contribution in [-0.4, -0.2) is 58.3 Å². The third-order valence-electron chi connectivity index (χ3n) is 5.29. The number of aromatic nitrogens is 2. The molecule has 0 aliphatic carbocycles. The van der Waals surface area contributed by atoms with Crippen LogP contribution in [-0.2, 0) is 4.79 Å². The van der Waals surface area contributed by atoms with Crippen LogP contribution < -0.4 is 10.2 Å². The van der Waals surface area contributed by atoms with Crippen LogP contribution in [0.2, 0.25) is 0 Å². The monoisotopic (exact) mass is 453 g/mol. The predicted octanol–water partition coefficient (Wildman–Crippen LogP) is 3.60. The number of hydrogen-bond donors (Lipinski definition) is 1. The molecule has 2 aliphatic heterocycles. The van der Waals surface area contributed by atoms with Gasteiger partial charge in [-0.1, -0.05) is 30.0 Å². The molecule has 1 amide bonds. The third kappa shape index (κ3) is 3.85. The van der Waals surface area contributed by atoms with Crippen LogP contribution in [0, 0.1) is 0 Å². The van der Waals surface area contributed by atoms with Gasteiger partial charge in [-0.3, -0.25) is 4.79 Å². The van der Waals surface area contributed by atoms with E-state index in [1.807, 2.05) is 6.08 Å². The van der Waals surface area contributed by atoms with Crippen molar-refractivity contribution >= 4 is 68.3 Å². The summed E-state index contributed by atoms with van der Waals surface area (Å²) in [5, 5.41) is 5.84. The standard InChI is InChI=1S/C21H19N5OS3/c1-25-4-6-26(7-5-25)19-16-9-13(2-3-17(16)22-12-23-19)14-8-15(29-11-14)10-18-20(27)24-21(28)30-18/h2-3,8-12H,4-7H2,1H3,(H,24,27,28)/b18-10-. The Morgan fingerprint density at radius 3 is 2.73 bits per heavy atom. The third-order valence-corrected chi connectivity index (χ3v) is 7.33. The minimum Gasteiger partial charge on any atom is -0.353 e. The fourth-order valence-electron chi connectivity index (χ4n) is 3.62. The molecule has 9 heteroatoms. The van der Waals surface area contributed by atoms with Crippen molar-refractivity contribution in [3.63, 3.8) is 0 Å². The molecule has 30 heavy (non-hydrogen) atoms. The molecule has 0 atom stereocenters. The molecule has 0 unspecified atom stereocenters. The summed E-state index contributed by atoms with van der Waals surface area (Å²) >= 11 is 7.98. The first-order valence-electron chi connectivity index (χ1n) is 9.59. The largest absolute Gasteiger partial charge is 0.353 e. The topological polar surface area (TPSA) is 61.4 Å². The molecule has 5 rings (SSSR count). The Hall–Kier alpha value is -2.33. The SMILES string of the molecule is CN1CCN(c2ncnc3ccc(-c4csc(/C=C5\SC(=S)NC5=O)c4)cc23)CC1. The average Bonchev–Trinajstić information content (AvgIpc) is 3.34. The Kier molecular flexibility index (Phi) is 5.28. The Balaban J connectivity index is 1.48. The number of thiocarbonyl (C=S) groups is 1.